The van der Waals surface area contributed by atoms with E-state index in [4.69, 9.17) is 19.7 Å². The van der Waals surface area contributed by atoms with Gasteiger partial charge in [0.2, 0.25) is 0 Å². The summed E-state index contributed by atoms with van der Waals surface area (Å²) in [6.45, 7) is 0.178. The molecule has 0 fully saturated rings. The van der Waals surface area contributed by atoms with Crippen LogP contribution in [0.4, 0.5) is 17.1 Å². The van der Waals surface area contributed by atoms with E-state index in [1.807, 2.05) is 66.7 Å². The maximum Gasteiger partial charge on any atom is 0.144 e. The molecule has 0 aromatic heterocycles. The quantitative estimate of drug-likeness (QED) is 0.559. The zero-order chi connectivity index (χ0) is 18.9. The highest BCUT2D eigenvalue weighted by molar-refractivity contribution is 5.76. The van der Waals surface area contributed by atoms with Crippen LogP contribution in [0.15, 0.2) is 78.9 Å². The average molecular weight is 365 g/mol. The summed E-state index contributed by atoms with van der Waals surface area (Å²) in [6, 6.07) is 26.2. The molecule has 0 aliphatic heterocycles. The van der Waals surface area contributed by atoms with Gasteiger partial charge in [-0.25, -0.2) is 0 Å². The van der Waals surface area contributed by atoms with Crippen LogP contribution in [-0.4, -0.2) is 23.8 Å². The Balaban J connectivity index is 1.90. The fourth-order valence-corrected chi connectivity index (χ4v) is 2.83. The molecule has 0 amide bonds. The van der Waals surface area contributed by atoms with Crippen molar-refractivity contribution in [1.82, 2.24) is 0 Å². The van der Waals surface area contributed by atoms with Gasteiger partial charge in [-0.2, -0.15) is 0 Å². The van der Waals surface area contributed by atoms with E-state index in [2.05, 4.69) is 17.0 Å². The molecule has 3 aromatic rings. The van der Waals surface area contributed by atoms with Gasteiger partial charge in [0.1, 0.15) is 13.6 Å². The molecule has 2 N–H and O–H groups in total. The number of ether oxygens (including phenoxy) is 2. The number of rotatable bonds is 9. The van der Waals surface area contributed by atoms with E-state index in [0.717, 1.165) is 28.2 Å². The molecular weight excluding hydrogens is 342 g/mol. The second kappa shape index (κ2) is 9.85. The summed E-state index contributed by atoms with van der Waals surface area (Å²) < 4.78 is 10.1. The van der Waals surface area contributed by atoms with E-state index in [0.29, 0.717) is 13.2 Å². The predicted octanol–water partition coefficient (Wildman–Crippen LogP) is 4.09. The Bertz CT molecular complexity index is 752. The van der Waals surface area contributed by atoms with Crippen LogP contribution in [0.25, 0.3) is 0 Å². The van der Waals surface area contributed by atoms with Crippen molar-refractivity contribution in [3.05, 3.63) is 90.0 Å². The molecule has 0 saturated carbocycles. The minimum atomic E-state index is -0.287. The van der Waals surface area contributed by atoms with E-state index in [9.17, 15) is 0 Å². The van der Waals surface area contributed by atoms with Crippen molar-refractivity contribution in [2.45, 2.75) is 13.2 Å². The molecule has 0 unspecified atom stereocenters. The largest absolute Gasteiger partial charge is 0.371 e. The van der Waals surface area contributed by atoms with Crippen LogP contribution in [0, 0.1) is 0 Å². The Labute approximate surface area is 159 Å². The van der Waals surface area contributed by atoms with Crippen molar-refractivity contribution in [1.29, 1.82) is 0 Å². The van der Waals surface area contributed by atoms with Gasteiger partial charge < -0.3 is 24.6 Å². The molecule has 3 rings (SSSR count). The molecule has 0 spiro atoms. The Hall–Kier alpha value is -2.70. The van der Waals surface area contributed by atoms with Crippen molar-refractivity contribution in [3.8, 4) is 0 Å². The lowest BCUT2D eigenvalue weighted by Gasteiger charge is -2.25. The second-order valence-electron chi connectivity index (χ2n) is 5.96. The van der Waals surface area contributed by atoms with Gasteiger partial charge in [-0.05, 0) is 47.5 Å². The molecule has 0 atom stereocenters. The Morgan fingerprint density at radius 3 is 1.37 bits per heavy atom. The maximum atomic E-state index is 8.79. The highest BCUT2D eigenvalue weighted by Crippen LogP contribution is 2.34. The van der Waals surface area contributed by atoms with Gasteiger partial charge in [0, 0.05) is 17.1 Å². The third-order valence-electron chi connectivity index (χ3n) is 4.12. The van der Waals surface area contributed by atoms with Crippen molar-refractivity contribution < 1.29 is 19.7 Å². The van der Waals surface area contributed by atoms with E-state index in [1.54, 1.807) is 0 Å². The number of anilines is 3. The summed E-state index contributed by atoms with van der Waals surface area (Å²) in [5, 5.41) is 17.6. The van der Waals surface area contributed by atoms with Crippen LogP contribution in [0.5, 0.6) is 0 Å². The summed E-state index contributed by atoms with van der Waals surface area (Å²) in [6.07, 6.45) is 0. The van der Waals surface area contributed by atoms with Gasteiger partial charge in [0.05, 0.1) is 13.2 Å². The van der Waals surface area contributed by atoms with Gasteiger partial charge in [-0.3, -0.25) is 0 Å². The number of nitrogens with zero attached hydrogens (tertiary/aromatic N) is 1. The first-order chi connectivity index (χ1) is 13.3. The second-order valence-corrected chi connectivity index (χ2v) is 5.96. The van der Waals surface area contributed by atoms with Crippen molar-refractivity contribution in [3.63, 3.8) is 0 Å². The zero-order valence-electron chi connectivity index (χ0n) is 15.0. The van der Waals surface area contributed by atoms with E-state index in [-0.39, 0.29) is 13.6 Å². The molecule has 5 heteroatoms. The van der Waals surface area contributed by atoms with E-state index in [1.165, 1.54) is 0 Å². The lowest BCUT2D eigenvalue weighted by molar-refractivity contribution is -0.0114. The van der Waals surface area contributed by atoms with Crippen LogP contribution in [0.2, 0.25) is 0 Å². The summed E-state index contributed by atoms with van der Waals surface area (Å²) in [7, 11) is 0. The van der Waals surface area contributed by atoms with Crippen LogP contribution in [0.1, 0.15) is 11.1 Å². The van der Waals surface area contributed by atoms with Gasteiger partial charge in [0.25, 0.3) is 0 Å². The topological polar surface area (TPSA) is 62.2 Å². The molecule has 0 radical (unpaired) electrons. The van der Waals surface area contributed by atoms with Gasteiger partial charge in [-0.15, -0.1) is 0 Å². The minimum Gasteiger partial charge on any atom is -0.371 e. The third kappa shape index (κ3) is 5.15. The zero-order valence-corrected chi connectivity index (χ0v) is 15.0. The van der Waals surface area contributed by atoms with Crippen molar-refractivity contribution in [2.75, 3.05) is 18.5 Å². The monoisotopic (exact) mass is 365 g/mol. The lowest BCUT2D eigenvalue weighted by Crippen LogP contribution is -2.10. The highest BCUT2D eigenvalue weighted by Gasteiger charge is 2.12. The predicted molar refractivity (Wildman–Crippen MR) is 105 cm³/mol. The fourth-order valence-electron chi connectivity index (χ4n) is 2.83. The molecule has 5 nitrogen and oxygen atoms in total. The smallest absolute Gasteiger partial charge is 0.144 e. The van der Waals surface area contributed by atoms with Crippen molar-refractivity contribution in [2.24, 2.45) is 0 Å². The van der Waals surface area contributed by atoms with Gasteiger partial charge in [0.15, 0.2) is 0 Å². The van der Waals surface area contributed by atoms with Crippen LogP contribution < -0.4 is 4.90 Å². The molecule has 0 bridgehead atoms. The summed E-state index contributed by atoms with van der Waals surface area (Å²) in [4.78, 5) is 2.16. The molecular formula is C22H23NO4. The first-order valence-electron chi connectivity index (χ1n) is 8.72. The molecule has 0 heterocycles. The van der Waals surface area contributed by atoms with E-state index < -0.39 is 0 Å². The molecule has 0 aliphatic rings. The standard InChI is InChI=1S/C22H23NO4/c24-16-26-14-18-6-10-21(11-7-18)23(20-4-2-1-3-5-20)22-12-8-19(9-13-22)15-27-17-25/h1-13,24-25H,14-17H2. The van der Waals surface area contributed by atoms with E-state index >= 15 is 0 Å². The highest BCUT2D eigenvalue weighted by atomic mass is 16.6. The number of hydrogen-bond donors (Lipinski definition) is 2. The summed E-state index contributed by atoms with van der Waals surface area (Å²) in [5.41, 5.74) is 5.09. The maximum absolute atomic E-state index is 8.79. The molecule has 0 aliphatic carbocycles. The summed E-state index contributed by atoms with van der Waals surface area (Å²) >= 11 is 0. The Morgan fingerprint density at radius 2 is 0.963 bits per heavy atom. The normalized spacial score (nSPS) is 10.7. The van der Waals surface area contributed by atoms with Gasteiger partial charge >= 0.3 is 0 Å². The number of aliphatic hydroxyl groups excluding tert-OH is 2. The summed E-state index contributed by atoms with van der Waals surface area (Å²) in [5.74, 6) is 0. The third-order valence-corrected chi connectivity index (χ3v) is 4.12. The number of aliphatic hydroxyl groups is 2. The lowest BCUT2D eigenvalue weighted by atomic mass is 10.1. The van der Waals surface area contributed by atoms with Crippen LogP contribution in [-0.2, 0) is 22.7 Å². The number of benzene rings is 3. The SMILES string of the molecule is OCOCc1ccc(N(c2ccccc2)c2ccc(COCO)cc2)cc1. The molecule has 140 valence electrons. The molecule has 0 saturated heterocycles. The van der Waals surface area contributed by atoms with Crippen molar-refractivity contribution >= 4 is 17.1 Å². The Kier molecular flexibility index (Phi) is 6.96. The minimum absolute atomic E-state index is 0.287. The average Bonchev–Trinajstić information content (AvgIpc) is 2.73. The number of para-hydroxylation sites is 1. The first kappa shape index (κ1) is 19.1. The Morgan fingerprint density at radius 1 is 0.556 bits per heavy atom. The molecule has 27 heavy (non-hydrogen) atoms. The van der Waals surface area contributed by atoms with Gasteiger partial charge in [-0.1, -0.05) is 42.5 Å². The number of hydrogen-bond acceptors (Lipinski definition) is 5. The first-order valence-corrected chi connectivity index (χ1v) is 8.72. The van der Waals surface area contributed by atoms with Crippen LogP contribution >= 0.6 is 0 Å². The fraction of sp³-hybridized carbons (Fsp3) is 0.182. The molecule has 3 aromatic carbocycles. The van der Waals surface area contributed by atoms with Crippen LogP contribution in [0.3, 0.4) is 0 Å².